The van der Waals surface area contributed by atoms with Crippen LogP contribution < -0.4 is 0 Å². The molecule has 280 valence electrons. The fourth-order valence-corrected chi connectivity index (χ4v) is 14.6. The Morgan fingerprint density at radius 3 is 2.24 bits per heavy atom. The first-order valence-electron chi connectivity index (χ1n) is 18.0. The minimum Gasteiger partial charge on any atom is -0.455 e. The van der Waals surface area contributed by atoms with Gasteiger partial charge in [-0.1, -0.05) is 45.1 Å². The summed E-state index contributed by atoms with van der Waals surface area (Å²) in [4.78, 5) is 17.6. The molecule has 6 rings (SSSR count). The first-order valence-corrected chi connectivity index (χ1v) is 23.7. The molecule has 2 aromatic heterocycles. The molecule has 0 aliphatic heterocycles. The van der Waals surface area contributed by atoms with E-state index in [-0.39, 0.29) is 38.4 Å². The lowest BCUT2D eigenvalue weighted by Crippen LogP contribution is -2.64. The van der Waals surface area contributed by atoms with Crippen LogP contribution in [0.3, 0.4) is 0 Å². The number of hydrogen-bond acceptors (Lipinski definition) is 8. The second-order valence-corrected chi connectivity index (χ2v) is 26.7. The van der Waals surface area contributed by atoms with E-state index in [1.807, 2.05) is 40.0 Å². The number of ether oxygens (including phenoxy) is 3. The molecule has 0 saturated heterocycles. The van der Waals surface area contributed by atoms with Crippen molar-refractivity contribution in [3.63, 3.8) is 0 Å². The molecule has 0 N–H and O–H groups in total. The van der Waals surface area contributed by atoms with Gasteiger partial charge in [-0.25, -0.2) is 18.2 Å². The molecule has 0 spiro atoms. The highest BCUT2D eigenvalue weighted by molar-refractivity contribution is 7.89. The lowest BCUT2D eigenvalue weighted by atomic mass is 9.39. The topological polar surface area (TPSA) is 113 Å². The van der Waals surface area contributed by atoms with Crippen LogP contribution in [0.2, 0.25) is 30.8 Å². The molecule has 50 heavy (non-hydrogen) atoms. The monoisotopic (exact) mass is 750 g/mol. The molecule has 4 aliphatic carbocycles. The molecular formula is C37H59ClN4O6SSi. The minimum atomic E-state index is -3.42. The van der Waals surface area contributed by atoms with Gasteiger partial charge in [-0.2, -0.15) is 9.40 Å². The van der Waals surface area contributed by atoms with Gasteiger partial charge in [0.1, 0.15) is 10.8 Å². The van der Waals surface area contributed by atoms with Crippen LogP contribution in [0, 0.1) is 23.2 Å². The average molecular weight is 752 g/mol. The smallest absolute Gasteiger partial charge is 0.358 e. The minimum absolute atomic E-state index is 0.0301. The summed E-state index contributed by atoms with van der Waals surface area (Å²) in [6.45, 7) is 21.1. The third-order valence-electron chi connectivity index (χ3n) is 10.8. The number of rotatable bonds is 15. The Hall–Kier alpha value is -1.83. The first kappa shape index (κ1) is 39.4. The Bertz CT molecular complexity index is 1670. The van der Waals surface area contributed by atoms with Crippen molar-refractivity contribution in [1.29, 1.82) is 0 Å². The van der Waals surface area contributed by atoms with Crippen LogP contribution in [0.5, 0.6) is 0 Å². The van der Waals surface area contributed by atoms with Crippen molar-refractivity contribution in [3.8, 4) is 11.1 Å². The van der Waals surface area contributed by atoms with Gasteiger partial charge in [-0.05, 0) is 101 Å². The Morgan fingerprint density at radius 2 is 1.64 bits per heavy atom. The van der Waals surface area contributed by atoms with Crippen LogP contribution in [0.15, 0.2) is 18.3 Å². The lowest BCUT2D eigenvalue weighted by Gasteiger charge is -2.69. The summed E-state index contributed by atoms with van der Waals surface area (Å²) in [5, 5.41) is 5.12. The summed E-state index contributed by atoms with van der Waals surface area (Å²) in [7, 11) is -3.34. The highest BCUT2D eigenvalue weighted by atomic mass is 35.5. The molecule has 13 heteroatoms. The number of aromatic nitrogens is 3. The van der Waals surface area contributed by atoms with Crippen molar-refractivity contribution in [1.82, 2.24) is 19.1 Å². The van der Waals surface area contributed by atoms with Gasteiger partial charge < -0.3 is 14.2 Å². The molecular weight excluding hydrogens is 692 g/mol. The zero-order valence-corrected chi connectivity index (χ0v) is 34.5. The third kappa shape index (κ3) is 9.02. The van der Waals surface area contributed by atoms with E-state index in [9.17, 15) is 13.2 Å². The molecule has 0 aromatic carbocycles. The predicted molar refractivity (Wildman–Crippen MR) is 201 cm³/mol. The Labute approximate surface area is 306 Å². The van der Waals surface area contributed by atoms with Crippen molar-refractivity contribution in [2.24, 2.45) is 16.2 Å². The zero-order chi connectivity index (χ0) is 37.0. The maximum atomic E-state index is 13.5. The van der Waals surface area contributed by atoms with Gasteiger partial charge in [0.05, 0.1) is 30.8 Å². The molecule has 0 amide bonds. The second kappa shape index (κ2) is 13.9. The summed E-state index contributed by atoms with van der Waals surface area (Å²) in [6, 6.07) is 4.24. The molecule has 2 aromatic rings. The van der Waals surface area contributed by atoms with Crippen molar-refractivity contribution >= 4 is 35.7 Å². The number of methoxy groups -OCH3 is 1. The summed E-state index contributed by atoms with van der Waals surface area (Å²) >= 11 is 6.25. The molecule has 0 radical (unpaired) electrons. The number of carbonyl (C=O) groups is 1. The largest absolute Gasteiger partial charge is 0.455 e. The maximum Gasteiger partial charge on any atom is 0.358 e. The molecule has 4 bridgehead atoms. The van der Waals surface area contributed by atoms with Gasteiger partial charge in [0.15, 0.2) is 5.69 Å². The molecule has 2 unspecified atom stereocenters. The molecule has 2 atom stereocenters. The first-order chi connectivity index (χ1) is 23.0. The van der Waals surface area contributed by atoms with Crippen LogP contribution in [-0.4, -0.2) is 91.9 Å². The van der Waals surface area contributed by atoms with Crippen molar-refractivity contribution in [3.05, 3.63) is 34.9 Å². The normalized spacial score (nSPS) is 28.1. The number of sulfonamides is 1. The number of halogens is 1. The van der Waals surface area contributed by atoms with E-state index in [1.165, 1.54) is 0 Å². The molecule has 10 nitrogen and oxygen atoms in total. The highest BCUT2D eigenvalue weighted by Gasteiger charge is 2.66. The van der Waals surface area contributed by atoms with E-state index in [0.29, 0.717) is 31.9 Å². The van der Waals surface area contributed by atoms with E-state index in [2.05, 4.69) is 43.2 Å². The van der Waals surface area contributed by atoms with E-state index in [4.69, 9.17) is 30.9 Å². The number of pyridine rings is 1. The second-order valence-electron chi connectivity index (χ2n) is 18.6. The van der Waals surface area contributed by atoms with Gasteiger partial charge in [0, 0.05) is 51.6 Å². The quantitative estimate of drug-likeness (QED) is 0.104. The molecule has 4 saturated carbocycles. The van der Waals surface area contributed by atoms with Crippen LogP contribution in [-0.2, 0) is 30.8 Å². The van der Waals surface area contributed by atoms with Crippen LogP contribution in [0.25, 0.3) is 11.1 Å². The maximum absolute atomic E-state index is 13.5. The zero-order valence-electron chi connectivity index (χ0n) is 31.9. The van der Waals surface area contributed by atoms with E-state index < -0.39 is 29.7 Å². The van der Waals surface area contributed by atoms with Crippen molar-refractivity contribution in [2.45, 2.75) is 123 Å². The van der Waals surface area contributed by atoms with Crippen molar-refractivity contribution < 1.29 is 27.4 Å². The standard InChI is InChI=1S/C37H59ClN4O6SSi/c1-27-29(28-11-12-30(38)40-31(28)32(43)48-33(2,3)4)19-39-42(27)26-36-21-34(5)20-35(6,22-36)24-37(23-34,25-36)47-16-14-41(13-15-46-7)49(44,45)17-18-50(8,9)10/h11-12,19H,13-18,20-26H2,1-10H3. The molecule has 4 aliphatic rings. The van der Waals surface area contributed by atoms with E-state index in [0.717, 1.165) is 62.4 Å². The van der Waals surface area contributed by atoms with E-state index in [1.54, 1.807) is 17.5 Å². The van der Waals surface area contributed by atoms with Gasteiger partial charge >= 0.3 is 5.97 Å². The van der Waals surface area contributed by atoms with Gasteiger partial charge in [-0.3, -0.25) is 4.68 Å². The highest BCUT2D eigenvalue weighted by Crippen LogP contribution is 2.72. The SMILES string of the molecule is COCCN(CCOC12CC3(C)CC(C)(CC(Cn4ncc(-c5ccc(Cl)nc5C(=O)OC(C)(C)C)c4C)(C3)C1)C2)S(=O)(=O)CC[Si](C)(C)C. The van der Waals surface area contributed by atoms with E-state index >= 15 is 0 Å². The van der Waals surface area contributed by atoms with Crippen LogP contribution in [0.4, 0.5) is 0 Å². The molecule has 4 fully saturated rings. The average Bonchev–Trinajstić information content (AvgIpc) is 3.29. The number of hydrogen-bond donors (Lipinski definition) is 0. The Balaban J connectivity index is 1.37. The van der Waals surface area contributed by atoms with Gasteiger partial charge in [-0.15, -0.1) is 0 Å². The molecule has 2 heterocycles. The fraction of sp³-hybridized carbons (Fsp3) is 0.757. The third-order valence-corrected chi connectivity index (χ3v) is 15.0. The van der Waals surface area contributed by atoms with Gasteiger partial charge in [0.2, 0.25) is 10.0 Å². The number of esters is 1. The Kier molecular flexibility index (Phi) is 10.9. The lowest BCUT2D eigenvalue weighted by molar-refractivity contribution is -0.248. The summed E-state index contributed by atoms with van der Waals surface area (Å²) in [6.07, 6.45) is 8.04. The Morgan fingerprint density at radius 1 is 1.00 bits per heavy atom. The summed E-state index contributed by atoms with van der Waals surface area (Å²) in [5.74, 6) is -0.347. The van der Waals surface area contributed by atoms with Crippen molar-refractivity contribution in [2.75, 3.05) is 39.2 Å². The predicted octanol–water partition coefficient (Wildman–Crippen LogP) is 7.61. The number of carbonyl (C=O) groups excluding carboxylic acids is 1. The van der Waals surface area contributed by atoms with Crippen LogP contribution in [0.1, 0.15) is 89.3 Å². The summed E-state index contributed by atoms with van der Waals surface area (Å²) in [5.41, 5.74) is 1.83. The fourth-order valence-electron chi connectivity index (χ4n) is 9.98. The summed E-state index contributed by atoms with van der Waals surface area (Å²) < 4.78 is 48.5. The van der Waals surface area contributed by atoms with Gasteiger partial charge in [0.25, 0.3) is 0 Å². The number of nitrogens with zero attached hydrogens (tertiary/aromatic N) is 4. The van der Waals surface area contributed by atoms with Crippen LogP contribution >= 0.6 is 11.6 Å².